The van der Waals surface area contributed by atoms with Crippen molar-refractivity contribution < 1.29 is 50.5 Å². The van der Waals surface area contributed by atoms with Crippen LogP contribution in [0.4, 0.5) is 18.9 Å². The van der Waals surface area contributed by atoms with E-state index in [1.165, 1.54) is 32.0 Å². The fourth-order valence-electron chi connectivity index (χ4n) is 4.71. The zero-order chi connectivity index (χ0) is 31.7. The van der Waals surface area contributed by atoms with Crippen molar-refractivity contribution in [3.8, 4) is 11.6 Å². The smallest absolute Gasteiger partial charge is 0.427 e. The van der Waals surface area contributed by atoms with E-state index < -0.39 is 46.4 Å². The maximum Gasteiger partial charge on any atom is 0.427 e. The number of anilines is 1. The number of hydrogen-bond acceptors (Lipinski definition) is 9. The third-order valence-corrected chi connectivity index (χ3v) is 8.81. The second kappa shape index (κ2) is 12.2. The summed E-state index contributed by atoms with van der Waals surface area (Å²) >= 11 is 0. The van der Waals surface area contributed by atoms with Crippen molar-refractivity contribution in [2.45, 2.75) is 88.8 Å². The molecule has 4 rings (SSSR count). The first-order valence-electron chi connectivity index (χ1n) is 13.8. The van der Waals surface area contributed by atoms with E-state index in [0.29, 0.717) is 18.7 Å². The van der Waals surface area contributed by atoms with Crippen molar-refractivity contribution in [1.29, 1.82) is 0 Å². The van der Waals surface area contributed by atoms with Crippen molar-refractivity contribution in [1.82, 2.24) is 15.1 Å². The van der Waals surface area contributed by atoms with E-state index >= 15 is 0 Å². The van der Waals surface area contributed by atoms with Gasteiger partial charge in [-0.1, -0.05) is 6.07 Å². The second-order valence-corrected chi connectivity index (χ2v) is 12.9. The SMILES string of the molecule is CC(=O)NC[C@H]1CN(S(=O)(=O)c2c(OC[C@@H](C)O)nn3c2CCCC3)c2cc(CC(=O)OC(C)(C)C(F)(F)F)ccc2O1. The molecule has 0 saturated carbocycles. The number of rotatable bonds is 10. The van der Waals surface area contributed by atoms with Crippen molar-refractivity contribution in [3.05, 3.63) is 29.5 Å². The molecule has 12 nitrogen and oxygen atoms in total. The first-order chi connectivity index (χ1) is 20.0. The van der Waals surface area contributed by atoms with E-state index in [2.05, 4.69) is 15.2 Å². The lowest BCUT2D eigenvalue weighted by Gasteiger charge is -2.36. The molecule has 1 aromatic carbocycles. The Morgan fingerprint density at radius 2 is 1.98 bits per heavy atom. The number of halogens is 3. The summed E-state index contributed by atoms with van der Waals surface area (Å²) in [5, 5.41) is 16.8. The number of aryl methyl sites for hydroxylation is 1. The van der Waals surface area contributed by atoms with Crippen molar-refractivity contribution in [2.75, 3.05) is 24.0 Å². The number of nitrogens with zero attached hydrogens (tertiary/aromatic N) is 3. The molecule has 1 aromatic heterocycles. The number of sulfonamides is 1. The van der Waals surface area contributed by atoms with Gasteiger partial charge in [0.05, 0.1) is 37.0 Å². The van der Waals surface area contributed by atoms with Gasteiger partial charge in [0, 0.05) is 13.5 Å². The van der Waals surface area contributed by atoms with Gasteiger partial charge >= 0.3 is 12.1 Å². The molecule has 238 valence electrons. The first-order valence-corrected chi connectivity index (χ1v) is 15.2. The number of carbonyl (C=O) groups excluding carboxylic acids is 2. The van der Waals surface area contributed by atoms with E-state index in [1.807, 2.05) is 0 Å². The minimum atomic E-state index is -4.79. The van der Waals surface area contributed by atoms with Gasteiger partial charge < -0.3 is 24.6 Å². The molecule has 0 spiro atoms. The number of ether oxygens (including phenoxy) is 3. The minimum absolute atomic E-state index is 0.0150. The molecule has 0 radical (unpaired) electrons. The summed E-state index contributed by atoms with van der Waals surface area (Å²) in [6.45, 7) is 4.27. The summed E-state index contributed by atoms with van der Waals surface area (Å²) in [5.41, 5.74) is -2.06. The standard InChI is InChI=1S/C27H35F3N4O8S/c1-16(35)15-40-25-24(20-7-5-6-10-33(20)32-25)43(38,39)34-14-19(13-31-17(2)36)41-22-9-8-18(11-21(22)34)12-23(37)42-26(3,4)27(28,29)30/h8-9,11,16,19,35H,5-7,10,12-15H2,1-4H3,(H,31,36)/t16-,19+/m1/s1. The first kappa shape index (κ1) is 32.4. The zero-order valence-corrected chi connectivity index (χ0v) is 25.0. The van der Waals surface area contributed by atoms with Gasteiger partial charge in [-0.3, -0.25) is 18.6 Å². The summed E-state index contributed by atoms with van der Waals surface area (Å²) in [5.74, 6) is -1.56. The molecule has 0 saturated heterocycles. The number of aromatic nitrogens is 2. The number of esters is 1. The molecule has 3 heterocycles. The number of benzene rings is 1. The van der Waals surface area contributed by atoms with E-state index in [4.69, 9.17) is 9.47 Å². The molecule has 2 N–H and O–H groups in total. The fraction of sp³-hybridized carbons (Fsp3) is 0.593. The highest BCUT2D eigenvalue weighted by atomic mass is 32.2. The van der Waals surface area contributed by atoms with Crippen LogP contribution in [0.25, 0.3) is 0 Å². The summed E-state index contributed by atoms with van der Waals surface area (Å²) in [4.78, 5) is 23.9. The molecule has 2 atom stereocenters. The molecular formula is C27H35F3N4O8S. The highest BCUT2D eigenvalue weighted by Crippen LogP contribution is 2.41. The van der Waals surface area contributed by atoms with E-state index in [9.17, 15) is 36.3 Å². The van der Waals surface area contributed by atoms with Crippen LogP contribution >= 0.6 is 0 Å². The van der Waals surface area contributed by atoms with Gasteiger partial charge in [-0.05, 0) is 57.7 Å². The molecule has 2 aliphatic heterocycles. The van der Waals surface area contributed by atoms with Gasteiger partial charge in [0.15, 0.2) is 4.90 Å². The van der Waals surface area contributed by atoms with Gasteiger partial charge in [0.1, 0.15) is 18.5 Å². The Labute approximate surface area is 247 Å². The quantitative estimate of drug-likeness (QED) is 0.377. The Morgan fingerprint density at radius 3 is 2.63 bits per heavy atom. The molecule has 2 aromatic rings. The second-order valence-electron chi connectivity index (χ2n) is 11.1. The van der Waals surface area contributed by atoms with E-state index in [0.717, 1.165) is 31.0 Å². The number of aliphatic hydroxyl groups is 1. The van der Waals surface area contributed by atoms with Crippen LogP contribution in [0.3, 0.4) is 0 Å². The molecule has 1 amide bonds. The Balaban J connectivity index is 1.74. The van der Waals surface area contributed by atoms with Crippen LogP contribution in [-0.2, 0) is 43.7 Å². The predicted molar refractivity (Wildman–Crippen MR) is 146 cm³/mol. The Kier molecular flexibility index (Phi) is 9.21. The number of alkyl halides is 3. The van der Waals surface area contributed by atoms with Gasteiger partial charge in [-0.15, -0.1) is 5.10 Å². The van der Waals surface area contributed by atoms with Crippen LogP contribution in [0.2, 0.25) is 0 Å². The summed E-state index contributed by atoms with van der Waals surface area (Å²) in [6.07, 6.45) is -5.15. The molecular weight excluding hydrogens is 597 g/mol. The number of fused-ring (bicyclic) bond motifs is 2. The molecule has 0 bridgehead atoms. The van der Waals surface area contributed by atoms with Gasteiger partial charge in [0.2, 0.25) is 11.5 Å². The molecule has 0 unspecified atom stereocenters. The number of nitrogens with one attached hydrogen (secondary N) is 1. The predicted octanol–water partition coefficient (Wildman–Crippen LogP) is 2.50. The number of amides is 1. The monoisotopic (exact) mass is 632 g/mol. The average Bonchev–Trinajstić information content (AvgIpc) is 3.28. The van der Waals surface area contributed by atoms with Crippen LogP contribution in [0.5, 0.6) is 11.6 Å². The van der Waals surface area contributed by atoms with E-state index in [1.54, 1.807) is 4.68 Å². The third kappa shape index (κ3) is 7.17. The van der Waals surface area contributed by atoms with Crippen LogP contribution in [0, 0.1) is 0 Å². The number of carbonyl (C=O) groups is 2. The van der Waals surface area contributed by atoms with Gasteiger partial charge in [-0.2, -0.15) is 13.2 Å². The van der Waals surface area contributed by atoms with Crippen LogP contribution in [0.1, 0.15) is 51.8 Å². The summed E-state index contributed by atoms with van der Waals surface area (Å²) in [6, 6.07) is 4.18. The number of aliphatic hydroxyl groups excluding tert-OH is 1. The van der Waals surface area contributed by atoms with Crippen molar-refractivity contribution >= 4 is 27.6 Å². The maximum atomic E-state index is 14.4. The zero-order valence-electron chi connectivity index (χ0n) is 24.2. The van der Waals surface area contributed by atoms with E-state index in [-0.39, 0.29) is 53.4 Å². The lowest BCUT2D eigenvalue weighted by atomic mass is 10.1. The largest absolute Gasteiger partial charge is 0.484 e. The maximum absolute atomic E-state index is 14.4. The summed E-state index contributed by atoms with van der Waals surface area (Å²) in [7, 11) is -4.43. The molecule has 0 fully saturated rings. The van der Waals surface area contributed by atoms with Crippen molar-refractivity contribution in [3.63, 3.8) is 0 Å². The van der Waals surface area contributed by atoms with Crippen LogP contribution < -0.4 is 19.1 Å². The normalized spacial score (nSPS) is 17.8. The topological polar surface area (TPSA) is 149 Å². The van der Waals surface area contributed by atoms with Crippen LogP contribution in [0.15, 0.2) is 23.1 Å². The molecule has 0 aliphatic carbocycles. The number of hydrogen-bond donors (Lipinski definition) is 2. The Morgan fingerprint density at radius 1 is 1.26 bits per heavy atom. The lowest BCUT2D eigenvalue weighted by Crippen LogP contribution is -2.48. The Bertz CT molecular complexity index is 1470. The Hall–Kier alpha value is -3.53. The molecule has 16 heteroatoms. The lowest BCUT2D eigenvalue weighted by molar-refractivity contribution is -0.257. The molecule has 43 heavy (non-hydrogen) atoms. The van der Waals surface area contributed by atoms with Crippen molar-refractivity contribution in [2.24, 2.45) is 0 Å². The molecule has 2 aliphatic rings. The average molecular weight is 633 g/mol. The highest BCUT2D eigenvalue weighted by Gasteiger charge is 2.50. The highest BCUT2D eigenvalue weighted by molar-refractivity contribution is 7.93. The fourth-order valence-corrected chi connectivity index (χ4v) is 6.52. The third-order valence-electron chi connectivity index (χ3n) is 6.96. The van der Waals surface area contributed by atoms with Gasteiger partial charge in [-0.25, -0.2) is 8.42 Å². The summed E-state index contributed by atoms with van der Waals surface area (Å²) < 4.78 is 87.5. The van der Waals surface area contributed by atoms with Crippen LogP contribution in [-0.4, -0.2) is 78.9 Å². The minimum Gasteiger partial charge on any atom is -0.484 e. The van der Waals surface area contributed by atoms with Gasteiger partial charge in [0.25, 0.3) is 15.9 Å².